The first-order chi connectivity index (χ1) is 11.2. The highest BCUT2D eigenvalue weighted by atomic mass is 16.3. The highest BCUT2D eigenvalue weighted by Crippen LogP contribution is 2.51. The third-order valence-electron chi connectivity index (χ3n) is 7.68. The van der Waals surface area contributed by atoms with Crippen LogP contribution in [0.25, 0.3) is 0 Å². The fourth-order valence-corrected chi connectivity index (χ4v) is 6.37. The van der Waals surface area contributed by atoms with Crippen molar-refractivity contribution in [3.05, 3.63) is 0 Å². The van der Waals surface area contributed by atoms with Crippen molar-refractivity contribution in [2.75, 3.05) is 0 Å². The lowest BCUT2D eigenvalue weighted by Gasteiger charge is -2.45. The van der Waals surface area contributed by atoms with Gasteiger partial charge in [-0.05, 0) is 49.9 Å². The van der Waals surface area contributed by atoms with Crippen LogP contribution < -0.4 is 5.73 Å². The molecule has 0 bridgehead atoms. The van der Waals surface area contributed by atoms with Gasteiger partial charge in [0.05, 0.1) is 6.04 Å². The van der Waals surface area contributed by atoms with Crippen LogP contribution in [0.1, 0.15) is 83.5 Å². The summed E-state index contributed by atoms with van der Waals surface area (Å²) in [4.78, 5) is 4.76. The Balaban J connectivity index is 1.52. The normalized spacial score (nSPS) is 43.2. The maximum absolute atomic E-state index is 11.6. The molecular weight excluding hydrogens is 284 g/mol. The van der Waals surface area contributed by atoms with Gasteiger partial charge in [0.1, 0.15) is 11.4 Å². The molecule has 4 unspecified atom stereocenters. The molecule has 4 rings (SSSR count). The number of hydrogen-bond donors (Lipinski definition) is 2. The average Bonchev–Trinajstić information content (AvgIpc) is 2.88. The van der Waals surface area contributed by atoms with Gasteiger partial charge < -0.3 is 10.8 Å². The Labute approximate surface area is 141 Å². The number of aliphatic hydroxyl groups is 1. The van der Waals surface area contributed by atoms with E-state index in [2.05, 4.69) is 0 Å². The molecule has 0 saturated heterocycles. The minimum atomic E-state index is -0.779. The molecule has 130 valence electrons. The lowest BCUT2D eigenvalue weighted by Crippen LogP contribution is -2.55. The van der Waals surface area contributed by atoms with Crippen LogP contribution >= 0.6 is 0 Å². The van der Waals surface area contributed by atoms with Crippen LogP contribution in [0.5, 0.6) is 0 Å². The summed E-state index contributed by atoms with van der Waals surface area (Å²) in [6.07, 6.45) is 16.8. The molecule has 23 heavy (non-hydrogen) atoms. The van der Waals surface area contributed by atoms with Gasteiger partial charge >= 0.3 is 0 Å². The number of fused-ring (bicyclic) bond motifs is 1. The molecule has 0 aromatic heterocycles. The van der Waals surface area contributed by atoms with Crippen molar-refractivity contribution in [3.8, 4) is 0 Å². The fraction of sp³-hybridized carbons (Fsp3) is 0.950. The Hall–Kier alpha value is -0.570. The van der Waals surface area contributed by atoms with Gasteiger partial charge in [0, 0.05) is 5.92 Å². The van der Waals surface area contributed by atoms with Crippen LogP contribution in [0.4, 0.5) is 0 Å². The summed E-state index contributed by atoms with van der Waals surface area (Å²) in [7, 11) is 0. The topological polar surface area (TPSA) is 58.6 Å². The first-order valence-electron chi connectivity index (χ1n) is 10.3. The van der Waals surface area contributed by atoms with Crippen molar-refractivity contribution >= 4 is 5.84 Å². The summed E-state index contributed by atoms with van der Waals surface area (Å²) >= 11 is 0. The molecule has 0 aromatic rings. The van der Waals surface area contributed by atoms with Gasteiger partial charge in [-0.1, -0.05) is 51.4 Å². The Morgan fingerprint density at radius 2 is 1.48 bits per heavy atom. The summed E-state index contributed by atoms with van der Waals surface area (Å²) in [6, 6.07) is 0.307. The smallest absolute Gasteiger partial charge is 0.129 e. The predicted molar refractivity (Wildman–Crippen MR) is 94.3 cm³/mol. The van der Waals surface area contributed by atoms with E-state index < -0.39 is 5.60 Å². The minimum Gasteiger partial charge on any atom is -0.385 e. The molecule has 4 aliphatic rings. The zero-order valence-corrected chi connectivity index (χ0v) is 14.6. The van der Waals surface area contributed by atoms with Gasteiger partial charge in [-0.3, -0.25) is 4.99 Å². The molecule has 3 nitrogen and oxygen atoms in total. The van der Waals surface area contributed by atoms with Crippen molar-refractivity contribution in [2.24, 2.45) is 34.4 Å². The van der Waals surface area contributed by atoms with Crippen LogP contribution in [0.3, 0.4) is 0 Å². The largest absolute Gasteiger partial charge is 0.385 e. The maximum Gasteiger partial charge on any atom is 0.129 e. The molecule has 4 atom stereocenters. The van der Waals surface area contributed by atoms with Crippen LogP contribution in [-0.4, -0.2) is 22.6 Å². The molecule has 3 saturated carbocycles. The molecule has 0 radical (unpaired) electrons. The molecule has 3 N–H and O–H groups in total. The Morgan fingerprint density at radius 3 is 2.17 bits per heavy atom. The monoisotopic (exact) mass is 318 g/mol. The number of aliphatic imine (C=N–C) groups is 1. The van der Waals surface area contributed by atoms with Gasteiger partial charge in [0.25, 0.3) is 0 Å². The van der Waals surface area contributed by atoms with Gasteiger partial charge in [-0.25, -0.2) is 0 Å². The number of nitrogens with zero attached hydrogens (tertiary/aromatic N) is 1. The highest BCUT2D eigenvalue weighted by Gasteiger charge is 2.56. The average molecular weight is 319 g/mol. The van der Waals surface area contributed by atoms with E-state index in [1.54, 1.807) is 0 Å². The molecule has 0 spiro atoms. The van der Waals surface area contributed by atoms with Gasteiger partial charge in [0.15, 0.2) is 0 Å². The molecular formula is C20H34N2O. The molecule has 0 aromatic carbocycles. The second-order valence-electron chi connectivity index (χ2n) is 8.82. The van der Waals surface area contributed by atoms with Crippen LogP contribution in [-0.2, 0) is 0 Å². The van der Waals surface area contributed by atoms with E-state index in [-0.39, 0.29) is 0 Å². The molecule has 3 fully saturated rings. The van der Waals surface area contributed by atoms with Crippen LogP contribution in [0, 0.1) is 23.7 Å². The number of rotatable bonds is 2. The summed E-state index contributed by atoms with van der Waals surface area (Å²) in [5.74, 6) is 2.98. The van der Waals surface area contributed by atoms with Gasteiger partial charge in [-0.2, -0.15) is 0 Å². The molecule has 3 heteroatoms. The summed E-state index contributed by atoms with van der Waals surface area (Å²) < 4.78 is 0. The van der Waals surface area contributed by atoms with E-state index in [0.29, 0.717) is 23.7 Å². The SMILES string of the molecule is NC1=NC2CCC(C3CCCCC3)CC2C1(O)C1CCCCC1. The third-order valence-corrected chi connectivity index (χ3v) is 7.68. The first kappa shape index (κ1) is 15.9. The lowest BCUT2D eigenvalue weighted by atomic mass is 9.61. The number of nitrogens with two attached hydrogens (primary N) is 1. The minimum absolute atomic E-state index is 0.307. The van der Waals surface area contributed by atoms with E-state index in [4.69, 9.17) is 10.7 Å². The standard InChI is InChI=1S/C20H34N2O/c21-19-20(23,16-9-5-2-6-10-16)17-13-15(11-12-18(17)22-19)14-7-3-1-4-8-14/h14-18,23H,1-13H2,(H2,21,22). The molecule has 0 amide bonds. The second kappa shape index (κ2) is 6.38. The van der Waals surface area contributed by atoms with Crippen molar-refractivity contribution in [3.63, 3.8) is 0 Å². The Kier molecular flexibility index (Phi) is 4.42. The lowest BCUT2D eigenvalue weighted by molar-refractivity contribution is -0.0435. The second-order valence-corrected chi connectivity index (χ2v) is 8.82. The quantitative estimate of drug-likeness (QED) is 0.807. The molecule has 3 aliphatic carbocycles. The highest BCUT2D eigenvalue weighted by molar-refractivity contribution is 5.91. The molecule has 1 aliphatic heterocycles. The zero-order chi connectivity index (χ0) is 15.9. The van der Waals surface area contributed by atoms with Crippen molar-refractivity contribution < 1.29 is 5.11 Å². The maximum atomic E-state index is 11.6. The van der Waals surface area contributed by atoms with E-state index in [1.807, 2.05) is 0 Å². The van der Waals surface area contributed by atoms with Crippen LogP contribution in [0.2, 0.25) is 0 Å². The summed E-state index contributed by atoms with van der Waals surface area (Å²) in [5, 5.41) is 11.6. The first-order valence-corrected chi connectivity index (χ1v) is 10.3. The van der Waals surface area contributed by atoms with Crippen molar-refractivity contribution in [1.82, 2.24) is 0 Å². The zero-order valence-electron chi connectivity index (χ0n) is 14.6. The van der Waals surface area contributed by atoms with E-state index in [9.17, 15) is 5.11 Å². The van der Waals surface area contributed by atoms with E-state index >= 15 is 0 Å². The Morgan fingerprint density at radius 1 is 0.826 bits per heavy atom. The fourth-order valence-electron chi connectivity index (χ4n) is 6.37. The van der Waals surface area contributed by atoms with Crippen molar-refractivity contribution in [2.45, 2.75) is 95.1 Å². The Bertz CT molecular complexity index is 451. The predicted octanol–water partition coefficient (Wildman–Crippen LogP) is 4.03. The summed E-state index contributed by atoms with van der Waals surface area (Å²) in [5.41, 5.74) is 5.55. The van der Waals surface area contributed by atoms with E-state index in [0.717, 1.165) is 31.1 Å². The van der Waals surface area contributed by atoms with E-state index in [1.165, 1.54) is 64.2 Å². The number of hydrogen-bond acceptors (Lipinski definition) is 3. The van der Waals surface area contributed by atoms with Crippen LogP contribution in [0.15, 0.2) is 4.99 Å². The van der Waals surface area contributed by atoms with Gasteiger partial charge in [-0.15, -0.1) is 0 Å². The summed E-state index contributed by atoms with van der Waals surface area (Å²) in [6.45, 7) is 0. The van der Waals surface area contributed by atoms with Crippen molar-refractivity contribution in [1.29, 1.82) is 0 Å². The third kappa shape index (κ3) is 2.73. The van der Waals surface area contributed by atoms with Gasteiger partial charge in [0.2, 0.25) is 0 Å². The molecule has 1 heterocycles. The number of amidine groups is 1.